The summed E-state index contributed by atoms with van der Waals surface area (Å²) < 4.78 is 27.3. The molecule has 0 fully saturated rings. The third-order valence-electron chi connectivity index (χ3n) is 3.08. The maximum absolute atomic E-state index is 12.4. The summed E-state index contributed by atoms with van der Waals surface area (Å²) >= 11 is 5.95. The number of hydrogen-bond acceptors (Lipinski definition) is 4. The fourth-order valence-corrected chi connectivity index (χ4v) is 3.53. The molecular formula is C15H13ClN2O3S. The van der Waals surface area contributed by atoms with Gasteiger partial charge in [-0.05, 0) is 42.3 Å². The third-order valence-corrected chi connectivity index (χ3v) is 4.93. The maximum atomic E-state index is 12.4. The Bertz CT molecular complexity index is 858. The van der Waals surface area contributed by atoms with Gasteiger partial charge in [0.2, 0.25) is 0 Å². The van der Waals surface area contributed by atoms with Crippen LogP contribution in [-0.4, -0.2) is 13.5 Å². The molecule has 0 aliphatic carbocycles. The zero-order chi connectivity index (χ0) is 16.3. The first-order valence-electron chi connectivity index (χ1n) is 6.30. The van der Waals surface area contributed by atoms with E-state index < -0.39 is 10.0 Å². The molecule has 0 unspecified atom stereocenters. The minimum absolute atomic E-state index is 0.0254. The van der Waals surface area contributed by atoms with Gasteiger partial charge >= 0.3 is 0 Å². The molecule has 114 valence electrons. The van der Waals surface area contributed by atoms with Gasteiger partial charge in [-0.3, -0.25) is 4.72 Å². The first kappa shape index (κ1) is 16.3. The molecule has 2 N–H and O–H groups in total. The fraction of sp³-hybridized carbons (Fsp3) is 0.133. The Hall–Kier alpha value is -2.07. The Morgan fingerprint density at radius 2 is 2.00 bits per heavy atom. The molecule has 22 heavy (non-hydrogen) atoms. The highest BCUT2D eigenvalue weighted by Crippen LogP contribution is 2.26. The van der Waals surface area contributed by atoms with E-state index in [0.717, 1.165) is 0 Å². The molecule has 0 bridgehead atoms. The van der Waals surface area contributed by atoms with Crippen LogP contribution in [0, 0.1) is 18.3 Å². The molecule has 2 aromatic rings. The summed E-state index contributed by atoms with van der Waals surface area (Å²) in [6, 6.07) is 10.8. The lowest BCUT2D eigenvalue weighted by molar-refractivity contribution is 0.282. The SMILES string of the molecule is Cc1ccc(CO)cc1NS(=O)(=O)c1ccc(C#N)cc1Cl. The summed E-state index contributed by atoms with van der Waals surface area (Å²) in [6.45, 7) is 1.56. The van der Waals surface area contributed by atoms with E-state index in [-0.39, 0.29) is 22.1 Å². The highest BCUT2D eigenvalue weighted by atomic mass is 35.5. The van der Waals surface area contributed by atoms with Crippen LogP contribution in [0.2, 0.25) is 5.02 Å². The summed E-state index contributed by atoms with van der Waals surface area (Å²) in [5, 5.41) is 17.9. The number of sulfonamides is 1. The van der Waals surface area contributed by atoms with Crippen molar-refractivity contribution in [3.63, 3.8) is 0 Å². The Balaban J connectivity index is 2.42. The Kier molecular flexibility index (Phi) is 4.71. The topological polar surface area (TPSA) is 90.2 Å². The summed E-state index contributed by atoms with van der Waals surface area (Å²) in [7, 11) is -3.89. The number of aryl methyl sites for hydroxylation is 1. The quantitative estimate of drug-likeness (QED) is 0.898. The lowest BCUT2D eigenvalue weighted by atomic mass is 10.1. The van der Waals surface area contributed by atoms with Crippen LogP contribution >= 0.6 is 11.6 Å². The van der Waals surface area contributed by atoms with Crippen LogP contribution in [0.25, 0.3) is 0 Å². The molecule has 0 amide bonds. The standard InChI is InChI=1S/C15H13ClN2O3S/c1-10-2-3-12(9-19)7-14(10)18-22(20,21)15-5-4-11(8-17)6-13(15)16/h2-7,18-19H,9H2,1H3. The predicted octanol–water partition coefficient (Wildman–Crippen LogP) is 2.81. The van der Waals surface area contributed by atoms with Crippen LogP contribution in [0.1, 0.15) is 16.7 Å². The second kappa shape index (κ2) is 6.36. The molecule has 7 heteroatoms. The average Bonchev–Trinajstić information content (AvgIpc) is 2.48. The molecule has 0 spiro atoms. The number of rotatable bonds is 4. The number of nitrogens with zero attached hydrogens (tertiary/aromatic N) is 1. The van der Waals surface area contributed by atoms with Gasteiger partial charge in [-0.15, -0.1) is 0 Å². The second-order valence-electron chi connectivity index (χ2n) is 4.67. The van der Waals surface area contributed by atoms with E-state index in [1.54, 1.807) is 25.1 Å². The fourth-order valence-electron chi connectivity index (χ4n) is 1.87. The Morgan fingerprint density at radius 3 is 2.59 bits per heavy atom. The normalized spacial score (nSPS) is 11.0. The van der Waals surface area contributed by atoms with Crippen molar-refractivity contribution in [2.75, 3.05) is 4.72 Å². The van der Waals surface area contributed by atoms with Crippen molar-refractivity contribution in [2.24, 2.45) is 0 Å². The molecule has 0 aliphatic rings. The molecule has 0 aliphatic heterocycles. The van der Waals surface area contributed by atoms with E-state index in [1.807, 2.05) is 6.07 Å². The largest absolute Gasteiger partial charge is 0.392 e. The van der Waals surface area contributed by atoms with Crippen molar-refractivity contribution in [1.82, 2.24) is 0 Å². The van der Waals surface area contributed by atoms with Crippen LogP contribution in [0.4, 0.5) is 5.69 Å². The number of aliphatic hydroxyl groups excluding tert-OH is 1. The van der Waals surface area contributed by atoms with Crippen LogP contribution < -0.4 is 4.72 Å². The smallest absolute Gasteiger partial charge is 0.263 e. The third kappa shape index (κ3) is 3.39. The van der Waals surface area contributed by atoms with Crippen molar-refractivity contribution in [1.29, 1.82) is 5.26 Å². The molecule has 0 saturated carbocycles. The van der Waals surface area contributed by atoms with Gasteiger partial charge in [0.05, 0.1) is 28.9 Å². The zero-order valence-corrected chi connectivity index (χ0v) is 13.2. The van der Waals surface area contributed by atoms with Gasteiger partial charge in [0, 0.05) is 0 Å². The number of benzene rings is 2. The summed E-state index contributed by atoms with van der Waals surface area (Å²) in [5.41, 5.74) is 1.95. The van der Waals surface area contributed by atoms with Crippen LogP contribution in [0.15, 0.2) is 41.3 Å². The van der Waals surface area contributed by atoms with Crippen molar-refractivity contribution >= 4 is 27.3 Å². The molecule has 0 aromatic heterocycles. The number of hydrogen-bond donors (Lipinski definition) is 2. The summed E-state index contributed by atoms with van der Waals surface area (Å²) in [5.74, 6) is 0. The molecule has 0 heterocycles. The van der Waals surface area contributed by atoms with Crippen molar-refractivity contribution in [3.8, 4) is 6.07 Å². The zero-order valence-electron chi connectivity index (χ0n) is 11.7. The monoisotopic (exact) mass is 336 g/mol. The summed E-state index contributed by atoms with van der Waals surface area (Å²) in [4.78, 5) is -0.109. The van der Waals surface area contributed by atoms with Gasteiger partial charge in [0.25, 0.3) is 10.0 Å². The van der Waals surface area contributed by atoms with E-state index in [2.05, 4.69) is 4.72 Å². The van der Waals surface area contributed by atoms with E-state index in [1.165, 1.54) is 18.2 Å². The van der Waals surface area contributed by atoms with E-state index in [0.29, 0.717) is 16.8 Å². The Labute approximate surface area is 133 Å². The number of nitriles is 1. The van der Waals surface area contributed by atoms with E-state index in [4.69, 9.17) is 22.0 Å². The number of anilines is 1. The molecule has 2 aromatic carbocycles. The molecular weight excluding hydrogens is 324 g/mol. The predicted molar refractivity (Wildman–Crippen MR) is 84.1 cm³/mol. The van der Waals surface area contributed by atoms with Crippen LogP contribution in [0.5, 0.6) is 0 Å². The highest BCUT2D eigenvalue weighted by Gasteiger charge is 2.19. The minimum Gasteiger partial charge on any atom is -0.392 e. The Morgan fingerprint density at radius 1 is 1.27 bits per heavy atom. The van der Waals surface area contributed by atoms with Crippen molar-refractivity contribution in [2.45, 2.75) is 18.4 Å². The van der Waals surface area contributed by atoms with Gasteiger partial charge in [-0.1, -0.05) is 23.7 Å². The van der Waals surface area contributed by atoms with Crippen molar-refractivity contribution < 1.29 is 13.5 Å². The number of nitrogens with one attached hydrogen (secondary N) is 1. The number of aliphatic hydroxyl groups is 1. The lowest BCUT2D eigenvalue weighted by Gasteiger charge is -2.12. The average molecular weight is 337 g/mol. The van der Waals surface area contributed by atoms with Crippen LogP contribution in [-0.2, 0) is 16.6 Å². The highest BCUT2D eigenvalue weighted by molar-refractivity contribution is 7.92. The van der Waals surface area contributed by atoms with Crippen molar-refractivity contribution in [3.05, 3.63) is 58.1 Å². The molecule has 0 radical (unpaired) electrons. The van der Waals surface area contributed by atoms with E-state index >= 15 is 0 Å². The lowest BCUT2D eigenvalue weighted by Crippen LogP contribution is -2.14. The van der Waals surface area contributed by atoms with Crippen LogP contribution in [0.3, 0.4) is 0 Å². The molecule has 0 atom stereocenters. The van der Waals surface area contributed by atoms with Gasteiger partial charge in [0.1, 0.15) is 4.90 Å². The van der Waals surface area contributed by atoms with Gasteiger partial charge < -0.3 is 5.11 Å². The summed E-state index contributed by atoms with van der Waals surface area (Å²) in [6.07, 6.45) is 0. The first-order valence-corrected chi connectivity index (χ1v) is 8.16. The van der Waals surface area contributed by atoms with Gasteiger partial charge in [-0.25, -0.2) is 8.42 Å². The maximum Gasteiger partial charge on any atom is 0.263 e. The minimum atomic E-state index is -3.89. The molecule has 2 rings (SSSR count). The van der Waals surface area contributed by atoms with Gasteiger partial charge in [0.15, 0.2) is 0 Å². The first-order chi connectivity index (χ1) is 10.4. The number of halogens is 1. The van der Waals surface area contributed by atoms with E-state index in [9.17, 15) is 8.42 Å². The van der Waals surface area contributed by atoms with Gasteiger partial charge in [-0.2, -0.15) is 5.26 Å². The molecule has 0 saturated heterocycles. The molecule has 5 nitrogen and oxygen atoms in total. The second-order valence-corrected chi connectivity index (χ2v) is 6.73.